The van der Waals surface area contributed by atoms with Gasteiger partial charge in [0, 0.05) is 13.1 Å². The summed E-state index contributed by atoms with van der Waals surface area (Å²) in [5, 5.41) is 11.4. The minimum atomic E-state index is -3.60. The zero-order chi connectivity index (χ0) is 11.5. The molecule has 0 bridgehead atoms. The van der Waals surface area contributed by atoms with Crippen LogP contribution in [0.4, 0.5) is 0 Å². The summed E-state index contributed by atoms with van der Waals surface area (Å²) in [6.45, 7) is 1.62. The van der Waals surface area contributed by atoms with E-state index in [1.165, 1.54) is 4.31 Å². The number of carboxylic acids is 1. The molecule has 0 aromatic heterocycles. The highest BCUT2D eigenvalue weighted by atomic mass is 32.2. The van der Waals surface area contributed by atoms with Gasteiger partial charge in [-0.2, -0.15) is 0 Å². The lowest BCUT2D eigenvalue weighted by atomic mass is 10.1. The van der Waals surface area contributed by atoms with Crippen molar-refractivity contribution in [2.24, 2.45) is 5.92 Å². The van der Waals surface area contributed by atoms with Gasteiger partial charge >= 0.3 is 5.97 Å². The fraction of sp³-hybridized carbons (Fsp3) is 0.875. The summed E-state index contributed by atoms with van der Waals surface area (Å²) in [7, 11) is -1.79. The first kappa shape index (κ1) is 12.4. The Morgan fingerprint density at radius 3 is 2.80 bits per heavy atom. The molecule has 1 aliphatic heterocycles. The minimum Gasteiger partial charge on any atom is -0.480 e. The van der Waals surface area contributed by atoms with Crippen LogP contribution in [0.3, 0.4) is 0 Å². The molecule has 1 aliphatic rings. The van der Waals surface area contributed by atoms with E-state index in [4.69, 9.17) is 5.11 Å². The number of nitrogens with zero attached hydrogens (tertiary/aromatic N) is 1. The van der Waals surface area contributed by atoms with Crippen molar-refractivity contribution in [2.75, 3.05) is 32.4 Å². The van der Waals surface area contributed by atoms with E-state index in [1.807, 2.05) is 7.05 Å². The third kappa shape index (κ3) is 3.44. The molecule has 1 fully saturated rings. The van der Waals surface area contributed by atoms with Gasteiger partial charge in [-0.05, 0) is 25.9 Å². The van der Waals surface area contributed by atoms with E-state index in [-0.39, 0.29) is 0 Å². The molecule has 7 heteroatoms. The van der Waals surface area contributed by atoms with Gasteiger partial charge in [0.1, 0.15) is 0 Å². The number of nitrogens with one attached hydrogen (secondary N) is 1. The topological polar surface area (TPSA) is 86.7 Å². The van der Waals surface area contributed by atoms with Gasteiger partial charge in [-0.25, -0.2) is 12.7 Å². The van der Waals surface area contributed by atoms with Gasteiger partial charge in [0.2, 0.25) is 10.0 Å². The summed E-state index contributed by atoms with van der Waals surface area (Å²) in [5.41, 5.74) is 0. The molecule has 15 heavy (non-hydrogen) atoms. The van der Waals surface area contributed by atoms with Gasteiger partial charge in [0.05, 0.1) is 0 Å². The second-order valence-electron chi connectivity index (χ2n) is 3.72. The minimum absolute atomic E-state index is 0.290. The van der Waals surface area contributed by atoms with Crippen LogP contribution < -0.4 is 5.32 Å². The Kier molecular flexibility index (Phi) is 4.06. The largest absolute Gasteiger partial charge is 0.480 e. The average molecular weight is 236 g/mol. The van der Waals surface area contributed by atoms with Gasteiger partial charge in [-0.1, -0.05) is 0 Å². The Bertz CT molecular complexity index is 328. The van der Waals surface area contributed by atoms with Gasteiger partial charge in [0.15, 0.2) is 5.75 Å². The summed E-state index contributed by atoms with van der Waals surface area (Å²) in [4.78, 5) is 10.4. The first-order valence-electron chi connectivity index (χ1n) is 4.80. The van der Waals surface area contributed by atoms with Crippen molar-refractivity contribution in [1.29, 1.82) is 0 Å². The Balaban J connectivity index is 2.56. The maximum atomic E-state index is 11.5. The Hall–Kier alpha value is -0.660. The number of carboxylic acid groups (broad SMARTS) is 1. The average Bonchev–Trinajstić information content (AvgIpc) is 2.51. The van der Waals surface area contributed by atoms with Gasteiger partial charge < -0.3 is 10.4 Å². The Labute approximate surface area is 89.3 Å². The van der Waals surface area contributed by atoms with Crippen LogP contribution >= 0.6 is 0 Å². The molecule has 1 saturated heterocycles. The van der Waals surface area contributed by atoms with Crippen LogP contribution in [0, 0.1) is 5.92 Å². The highest BCUT2D eigenvalue weighted by Gasteiger charge is 2.32. The molecule has 0 saturated carbocycles. The van der Waals surface area contributed by atoms with Crippen LogP contribution in [0.15, 0.2) is 0 Å². The van der Waals surface area contributed by atoms with E-state index in [2.05, 4.69) is 5.32 Å². The molecule has 6 nitrogen and oxygen atoms in total. The van der Waals surface area contributed by atoms with Gasteiger partial charge in [-0.15, -0.1) is 0 Å². The van der Waals surface area contributed by atoms with Crippen molar-refractivity contribution >= 4 is 16.0 Å². The molecular weight excluding hydrogens is 220 g/mol. The van der Waals surface area contributed by atoms with Crippen molar-refractivity contribution in [3.8, 4) is 0 Å². The molecule has 0 aliphatic carbocycles. The summed E-state index contributed by atoms with van der Waals surface area (Å²) >= 11 is 0. The third-order valence-electron chi connectivity index (χ3n) is 2.44. The Morgan fingerprint density at radius 1 is 1.60 bits per heavy atom. The predicted octanol–water partition coefficient (Wildman–Crippen LogP) is -1.06. The second kappa shape index (κ2) is 4.91. The zero-order valence-corrected chi connectivity index (χ0v) is 9.46. The molecule has 1 rings (SSSR count). The molecule has 0 amide bonds. The van der Waals surface area contributed by atoms with Crippen LogP contribution in [-0.2, 0) is 14.8 Å². The number of rotatable bonds is 5. The lowest BCUT2D eigenvalue weighted by Gasteiger charge is -2.14. The van der Waals surface area contributed by atoms with E-state index in [0.29, 0.717) is 19.0 Å². The maximum absolute atomic E-state index is 11.5. The van der Waals surface area contributed by atoms with Crippen molar-refractivity contribution < 1.29 is 18.3 Å². The molecule has 1 unspecified atom stereocenters. The number of aliphatic carboxylic acids is 1. The molecule has 0 spiro atoms. The maximum Gasteiger partial charge on any atom is 0.320 e. The normalized spacial score (nSPS) is 23.1. The van der Waals surface area contributed by atoms with Crippen LogP contribution in [-0.4, -0.2) is 56.2 Å². The molecule has 0 aromatic rings. The monoisotopic (exact) mass is 236 g/mol. The smallest absolute Gasteiger partial charge is 0.320 e. The first-order chi connectivity index (χ1) is 6.95. The second-order valence-corrected chi connectivity index (χ2v) is 5.69. The zero-order valence-electron chi connectivity index (χ0n) is 8.64. The number of sulfonamides is 1. The van der Waals surface area contributed by atoms with Crippen LogP contribution in [0.5, 0.6) is 0 Å². The highest BCUT2D eigenvalue weighted by Crippen LogP contribution is 2.18. The van der Waals surface area contributed by atoms with E-state index in [9.17, 15) is 13.2 Å². The fourth-order valence-electron chi connectivity index (χ4n) is 1.75. The van der Waals surface area contributed by atoms with Crippen LogP contribution in [0.2, 0.25) is 0 Å². The number of hydrogen-bond donors (Lipinski definition) is 2. The van der Waals surface area contributed by atoms with E-state index < -0.39 is 21.7 Å². The van der Waals surface area contributed by atoms with E-state index in [1.54, 1.807) is 0 Å². The van der Waals surface area contributed by atoms with Crippen LogP contribution in [0.25, 0.3) is 0 Å². The predicted molar refractivity (Wildman–Crippen MR) is 55.0 cm³/mol. The van der Waals surface area contributed by atoms with Crippen molar-refractivity contribution in [3.63, 3.8) is 0 Å². The summed E-state index contributed by atoms with van der Waals surface area (Å²) in [6.07, 6.45) is 0.791. The molecule has 88 valence electrons. The third-order valence-corrected chi connectivity index (χ3v) is 4.17. The van der Waals surface area contributed by atoms with Crippen molar-refractivity contribution in [2.45, 2.75) is 6.42 Å². The molecule has 0 aromatic carbocycles. The number of hydrogen-bond acceptors (Lipinski definition) is 4. The molecule has 0 radical (unpaired) electrons. The molecular formula is C8H16N2O4S. The lowest BCUT2D eigenvalue weighted by molar-refractivity contribution is -0.134. The standard InChI is InChI=1S/C8H16N2O4S/c1-9-4-7-2-3-10(5-7)15(13,14)6-8(11)12/h7,9H,2-6H2,1H3,(H,11,12). The first-order valence-corrected chi connectivity index (χ1v) is 6.41. The molecule has 1 heterocycles. The highest BCUT2D eigenvalue weighted by molar-refractivity contribution is 7.89. The number of carbonyl (C=O) groups is 1. The summed E-state index contributed by atoms with van der Waals surface area (Å²) in [5.74, 6) is -1.81. The Morgan fingerprint density at radius 2 is 2.27 bits per heavy atom. The summed E-state index contributed by atoms with van der Waals surface area (Å²) in [6, 6.07) is 0. The van der Waals surface area contributed by atoms with Gasteiger partial charge in [-0.3, -0.25) is 4.79 Å². The van der Waals surface area contributed by atoms with Gasteiger partial charge in [0.25, 0.3) is 0 Å². The summed E-state index contributed by atoms with van der Waals surface area (Å²) < 4.78 is 24.3. The SMILES string of the molecule is CNCC1CCN(S(=O)(=O)CC(=O)O)C1. The van der Waals surface area contributed by atoms with Crippen molar-refractivity contribution in [1.82, 2.24) is 9.62 Å². The van der Waals surface area contributed by atoms with E-state index in [0.717, 1.165) is 13.0 Å². The van der Waals surface area contributed by atoms with Crippen LogP contribution in [0.1, 0.15) is 6.42 Å². The molecule has 1 atom stereocenters. The fourth-order valence-corrected chi connectivity index (χ4v) is 3.07. The van der Waals surface area contributed by atoms with Crippen molar-refractivity contribution in [3.05, 3.63) is 0 Å². The molecule has 2 N–H and O–H groups in total. The van der Waals surface area contributed by atoms with E-state index >= 15 is 0 Å². The quantitative estimate of drug-likeness (QED) is 0.635. The lowest BCUT2D eigenvalue weighted by Crippen LogP contribution is -2.34.